The van der Waals surface area contributed by atoms with Crippen LogP contribution in [0.25, 0.3) is 0 Å². The first kappa shape index (κ1) is 21.2. The molecule has 0 aromatic heterocycles. The number of benzene rings is 2. The van der Waals surface area contributed by atoms with Crippen LogP contribution >= 0.6 is 0 Å². The zero-order chi connectivity index (χ0) is 21.8. The molecule has 2 unspecified atom stereocenters. The smallest absolute Gasteiger partial charge is 0.232 e. The molecule has 2 aromatic carbocycles. The standard InChI is InChI=1S/C25H31N3O3/c1-27(20-9-4-3-5-10-20)15-7-14-26-24(30)25(19-8-6-11-22(16-19)31-2)17-21-12-13-23(29)28(21)18-25/h3-6,8-11,16,21H,7,12-15,17-18H2,1-2H3,(H,26,30). The van der Waals surface area contributed by atoms with Gasteiger partial charge in [-0.1, -0.05) is 30.3 Å². The predicted molar refractivity (Wildman–Crippen MR) is 121 cm³/mol. The van der Waals surface area contributed by atoms with E-state index in [0.29, 0.717) is 25.9 Å². The largest absolute Gasteiger partial charge is 0.497 e. The van der Waals surface area contributed by atoms with Crippen LogP contribution < -0.4 is 15.0 Å². The Morgan fingerprint density at radius 2 is 2.03 bits per heavy atom. The van der Waals surface area contributed by atoms with Crippen molar-refractivity contribution in [3.63, 3.8) is 0 Å². The van der Waals surface area contributed by atoms with Gasteiger partial charge in [0, 0.05) is 44.8 Å². The molecule has 0 spiro atoms. The Balaban J connectivity index is 1.44. The SMILES string of the molecule is COc1cccc(C2(C(=O)NCCCN(C)c3ccccc3)CC3CCC(=O)N3C2)c1. The Bertz CT molecular complexity index is 933. The molecular weight excluding hydrogens is 390 g/mol. The van der Waals surface area contributed by atoms with Gasteiger partial charge in [0.25, 0.3) is 0 Å². The molecule has 2 fully saturated rings. The number of para-hydroxylation sites is 1. The van der Waals surface area contributed by atoms with Crippen molar-refractivity contribution in [2.75, 3.05) is 38.7 Å². The fraction of sp³-hybridized carbons (Fsp3) is 0.440. The summed E-state index contributed by atoms with van der Waals surface area (Å²) in [7, 11) is 3.69. The minimum atomic E-state index is -0.722. The summed E-state index contributed by atoms with van der Waals surface area (Å²) in [5, 5.41) is 3.17. The molecule has 164 valence electrons. The van der Waals surface area contributed by atoms with E-state index in [1.54, 1.807) is 7.11 Å². The van der Waals surface area contributed by atoms with Crippen LogP contribution in [0.4, 0.5) is 5.69 Å². The molecule has 2 aromatic rings. The molecule has 2 atom stereocenters. The van der Waals surface area contributed by atoms with Crippen LogP contribution in [0.3, 0.4) is 0 Å². The average molecular weight is 422 g/mol. The van der Waals surface area contributed by atoms with Gasteiger partial charge < -0.3 is 19.9 Å². The number of fused-ring (bicyclic) bond motifs is 1. The molecule has 2 amide bonds. The van der Waals surface area contributed by atoms with E-state index >= 15 is 0 Å². The third-order valence-corrected chi connectivity index (χ3v) is 6.69. The molecule has 2 aliphatic rings. The number of nitrogens with zero attached hydrogens (tertiary/aromatic N) is 2. The first-order valence-corrected chi connectivity index (χ1v) is 11.0. The summed E-state index contributed by atoms with van der Waals surface area (Å²) < 4.78 is 5.40. The summed E-state index contributed by atoms with van der Waals surface area (Å²) in [6.45, 7) is 1.89. The number of hydrogen-bond donors (Lipinski definition) is 1. The second-order valence-corrected chi connectivity index (χ2v) is 8.60. The molecule has 2 saturated heterocycles. The second-order valence-electron chi connectivity index (χ2n) is 8.60. The summed E-state index contributed by atoms with van der Waals surface area (Å²) in [5.41, 5.74) is 1.37. The van der Waals surface area contributed by atoms with E-state index in [2.05, 4.69) is 29.4 Å². The van der Waals surface area contributed by atoms with Crippen molar-refractivity contribution in [1.29, 1.82) is 0 Å². The lowest BCUT2D eigenvalue weighted by atomic mass is 9.76. The molecule has 1 N–H and O–H groups in total. The first-order chi connectivity index (χ1) is 15.0. The van der Waals surface area contributed by atoms with Crippen molar-refractivity contribution in [1.82, 2.24) is 10.2 Å². The number of nitrogens with one attached hydrogen (secondary N) is 1. The van der Waals surface area contributed by atoms with E-state index in [1.807, 2.05) is 47.4 Å². The van der Waals surface area contributed by atoms with Crippen molar-refractivity contribution in [2.45, 2.75) is 37.1 Å². The molecule has 31 heavy (non-hydrogen) atoms. The minimum Gasteiger partial charge on any atom is -0.497 e. The van der Waals surface area contributed by atoms with E-state index in [-0.39, 0.29) is 17.9 Å². The van der Waals surface area contributed by atoms with Gasteiger partial charge in [0.2, 0.25) is 11.8 Å². The predicted octanol–water partition coefficient (Wildman–Crippen LogP) is 2.97. The molecule has 0 radical (unpaired) electrons. The van der Waals surface area contributed by atoms with Crippen LogP contribution in [0.1, 0.15) is 31.2 Å². The lowest BCUT2D eigenvalue weighted by Gasteiger charge is -2.29. The number of ether oxygens (including phenoxy) is 1. The molecule has 6 nitrogen and oxygen atoms in total. The highest BCUT2D eigenvalue weighted by Crippen LogP contribution is 2.43. The average Bonchev–Trinajstić information content (AvgIpc) is 3.36. The first-order valence-electron chi connectivity index (χ1n) is 11.0. The minimum absolute atomic E-state index is 0.00492. The van der Waals surface area contributed by atoms with Gasteiger partial charge in [-0.15, -0.1) is 0 Å². The fourth-order valence-electron chi connectivity index (χ4n) is 4.90. The quantitative estimate of drug-likeness (QED) is 0.666. The molecule has 0 aliphatic carbocycles. The number of anilines is 1. The molecule has 0 bridgehead atoms. The number of hydrogen-bond acceptors (Lipinski definition) is 4. The van der Waals surface area contributed by atoms with Gasteiger partial charge in [0.1, 0.15) is 5.75 Å². The third-order valence-electron chi connectivity index (χ3n) is 6.69. The Kier molecular flexibility index (Phi) is 6.16. The molecule has 6 heteroatoms. The zero-order valence-electron chi connectivity index (χ0n) is 18.3. The van der Waals surface area contributed by atoms with Crippen molar-refractivity contribution < 1.29 is 14.3 Å². The molecular formula is C25H31N3O3. The van der Waals surface area contributed by atoms with Crippen molar-refractivity contribution in [2.24, 2.45) is 0 Å². The monoisotopic (exact) mass is 421 g/mol. The highest BCUT2D eigenvalue weighted by atomic mass is 16.5. The molecule has 4 rings (SSSR count). The van der Waals surface area contributed by atoms with Gasteiger partial charge in [-0.25, -0.2) is 0 Å². The Morgan fingerprint density at radius 3 is 2.77 bits per heavy atom. The van der Waals surface area contributed by atoms with Crippen LogP contribution in [-0.4, -0.2) is 56.5 Å². The maximum absolute atomic E-state index is 13.5. The van der Waals surface area contributed by atoms with Gasteiger partial charge in [-0.3, -0.25) is 9.59 Å². The normalized spacial score (nSPS) is 22.3. The van der Waals surface area contributed by atoms with Gasteiger partial charge in [0.15, 0.2) is 0 Å². The van der Waals surface area contributed by atoms with Gasteiger partial charge in [0.05, 0.1) is 12.5 Å². The Morgan fingerprint density at radius 1 is 1.23 bits per heavy atom. The molecule has 0 saturated carbocycles. The van der Waals surface area contributed by atoms with Crippen LogP contribution in [0, 0.1) is 0 Å². The van der Waals surface area contributed by atoms with Crippen molar-refractivity contribution in [3.8, 4) is 5.75 Å². The zero-order valence-corrected chi connectivity index (χ0v) is 18.3. The van der Waals surface area contributed by atoms with Crippen molar-refractivity contribution in [3.05, 3.63) is 60.2 Å². The van der Waals surface area contributed by atoms with Crippen LogP contribution in [0.2, 0.25) is 0 Å². The summed E-state index contributed by atoms with van der Waals surface area (Å²) in [4.78, 5) is 30.0. The Labute approximate surface area is 184 Å². The Hall–Kier alpha value is -3.02. The molecule has 2 aliphatic heterocycles. The summed E-state index contributed by atoms with van der Waals surface area (Å²) in [6, 6.07) is 18.1. The van der Waals surface area contributed by atoms with E-state index < -0.39 is 5.41 Å². The van der Waals surface area contributed by atoms with E-state index in [4.69, 9.17) is 4.74 Å². The summed E-state index contributed by atoms with van der Waals surface area (Å²) in [6.07, 6.45) is 2.94. The fourth-order valence-corrected chi connectivity index (χ4v) is 4.90. The lowest BCUT2D eigenvalue weighted by Crippen LogP contribution is -2.47. The number of methoxy groups -OCH3 is 1. The van der Waals surface area contributed by atoms with Gasteiger partial charge in [-0.05, 0) is 49.1 Å². The summed E-state index contributed by atoms with van der Waals surface area (Å²) >= 11 is 0. The van der Waals surface area contributed by atoms with Crippen molar-refractivity contribution >= 4 is 17.5 Å². The highest BCUT2D eigenvalue weighted by molar-refractivity contribution is 5.91. The van der Waals surface area contributed by atoms with Crippen LogP contribution in [0.15, 0.2) is 54.6 Å². The van der Waals surface area contributed by atoms with Gasteiger partial charge in [-0.2, -0.15) is 0 Å². The summed E-state index contributed by atoms with van der Waals surface area (Å²) in [5.74, 6) is 0.893. The second kappa shape index (κ2) is 9.00. The van der Waals surface area contributed by atoms with E-state index in [0.717, 1.165) is 36.4 Å². The number of carbonyl (C=O) groups excluding carboxylic acids is 2. The van der Waals surface area contributed by atoms with Crippen LogP contribution in [-0.2, 0) is 15.0 Å². The topological polar surface area (TPSA) is 61.9 Å². The van der Waals surface area contributed by atoms with Crippen LogP contribution in [0.5, 0.6) is 5.75 Å². The van der Waals surface area contributed by atoms with E-state index in [1.165, 1.54) is 0 Å². The maximum atomic E-state index is 13.5. The van der Waals surface area contributed by atoms with Gasteiger partial charge >= 0.3 is 0 Å². The number of amides is 2. The maximum Gasteiger partial charge on any atom is 0.232 e. The number of rotatable bonds is 8. The lowest BCUT2D eigenvalue weighted by molar-refractivity contribution is -0.129. The van der Waals surface area contributed by atoms with E-state index in [9.17, 15) is 9.59 Å². The molecule has 2 heterocycles. The third kappa shape index (κ3) is 4.24. The highest BCUT2D eigenvalue weighted by Gasteiger charge is 2.53. The number of carbonyl (C=O) groups is 2.